The molecule has 4 heterocycles. The molecule has 12 heteroatoms. The number of carbonyl (C=O) groups is 2. The maximum Gasteiger partial charge on any atom is 0.433 e. The van der Waals surface area contributed by atoms with Gasteiger partial charge in [0.25, 0.3) is 5.91 Å². The van der Waals surface area contributed by atoms with Gasteiger partial charge in [0.05, 0.1) is 17.1 Å². The molecule has 2 aliphatic heterocycles. The number of hydrogen-bond acceptors (Lipinski definition) is 6. The van der Waals surface area contributed by atoms with Crippen LogP contribution in [0.3, 0.4) is 0 Å². The van der Waals surface area contributed by atoms with E-state index in [4.69, 9.17) is 5.73 Å². The van der Waals surface area contributed by atoms with Crippen molar-refractivity contribution in [1.82, 2.24) is 24.7 Å². The van der Waals surface area contributed by atoms with Crippen LogP contribution in [0.25, 0.3) is 0 Å². The lowest BCUT2D eigenvalue weighted by atomic mass is 10.2. The van der Waals surface area contributed by atoms with Crippen LogP contribution in [-0.4, -0.2) is 55.2 Å². The molecule has 1 saturated heterocycles. The molecule has 0 aromatic carbocycles. The third-order valence-electron chi connectivity index (χ3n) is 5.41. The molecule has 0 bridgehead atoms. The van der Waals surface area contributed by atoms with Gasteiger partial charge in [-0.25, -0.2) is 4.79 Å². The van der Waals surface area contributed by atoms with E-state index in [0.29, 0.717) is 35.8 Å². The summed E-state index contributed by atoms with van der Waals surface area (Å²) in [7, 11) is 0. The number of pyridine rings is 2. The highest BCUT2D eigenvalue weighted by Crippen LogP contribution is 2.41. The molecule has 2 aliphatic rings. The molecule has 2 N–H and O–H groups in total. The fourth-order valence-corrected chi connectivity index (χ4v) is 5.04. The Morgan fingerprint density at radius 1 is 1.18 bits per heavy atom. The number of allylic oxidation sites excluding steroid dienone is 1. The molecule has 0 radical (unpaired) electrons. The maximum absolute atomic E-state index is 13.2. The first-order chi connectivity index (χ1) is 15.6. The number of primary amides is 1. The Bertz CT molecular complexity index is 1080. The van der Waals surface area contributed by atoms with Crippen LogP contribution >= 0.6 is 11.8 Å². The van der Waals surface area contributed by atoms with Crippen molar-refractivity contribution < 1.29 is 22.8 Å². The minimum atomic E-state index is -4.52. The van der Waals surface area contributed by atoms with Gasteiger partial charge in [-0.15, -0.1) is 0 Å². The van der Waals surface area contributed by atoms with Gasteiger partial charge in [0.2, 0.25) is 0 Å². The Morgan fingerprint density at radius 2 is 1.97 bits per heavy atom. The Hall–Kier alpha value is -3.28. The van der Waals surface area contributed by atoms with E-state index in [-0.39, 0.29) is 12.6 Å². The summed E-state index contributed by atoms with van der Waals surface area (Å²) in [5.41, 5.74) is 6.02. The van der Waals surface area contributed by atoms with E-state index in [1.807, 2.05) is 17.0 Å². The smallest absolute Gasteiger partial charge is 0.365 e. The van der Waals surface area contributed by atoms with Gasteiger partial charge in [-0.2, -0.15) is 13.2 Å². The second kappa shape index (κ2) is 8.93. The molecular weight excluding hydrogens is 457 g/mol. The summed E-state index contributed by atoms with van der Waals surface area (Å²) < 4.78 is 38.2. The predicted octanol–water partition coefficient (Wildman–Crippen LogP) is 2.98. The first-order valence-corrected chi connectivity index (χ1v) is 10.9. The lowest BCUT2D eigenvalue weighted by Crippen LogP contribution is -2.45. The Labute approximate surface area is 192 Å². The molecule has 2 aromatic heterocycles. The number of aromatic nitrogens is 2. The standard InChI is InChI=1S/C21H21F3N6O2S/c1-13-17(18(25)31)33-20(30(13)12-15-4-2-3-7-26-15)29-9-8-28(19(29)32)11-14-5-6-16(27-10-14)21(22,23)24/h2-7,10,20H,8-9,11-12H2,1H3,(H2,25,31). The van der Waals surface area contributed by atoms with Crippen molar-refractivity contribution in [3.8, 4) is 0 Å². The van der Waals surface area contributed by atoms with Gasteiger partial charge < -0.3 is 15.5 Å². The molecule has 1 unspecified atom stereocenters. The Morgan fingerprint density at radius 3 is 2.58 bits per heavy atom. The van der Waals surface area contributed by atoms with Gasteiger partial charge in [-0.3, -0.25) is 19.7 Å². The van der Waals surface area contributed by atoms with Crippen molar-refractivity contribution in [1.29, 1.82) is 0 Å². The van der Waals surface area contributed by atoms with Crippen LogP contribution in [0.4, 0.5) is 18.0 Å². The average molecular weight is 479 g/mol. The fourth-order valence-electron chi connectivity index (χ4n) is 3.74. The highest BCUT2D eigenvalue weighted by atomic mass is 32.2. The third kappa shape index (κ3) is 4.75. The summed E-state index contributed by atoms with van der Waals surface area (Å²) in [6.45, 7) is 3.07. The molecule has 0 spiro atoms. The normalized spacial score (nSPS) is 19.1. The maximum atomic E-state index is 13.2. The monoisotopic (exact) mass is 478 g/mol. The zero-order chi connectivity index (χ0) is 23.8. The van der Waals surface area contributed by atoms with E-state index in [2.05, 4.69) is 9.97 Å². The van der Waals surface area contributed by atoms with E-state index in [1.54, 1.807) is 29.0 Å². The van der Waals surface area contributed by atoms with E-state index in [0.717, 1.165) is 18.0 Å². The molecule has 0 saturated carbocycles. The minimum Gasteiger partial charge on any atom is -0.365 e. The molecular formula is C21H21F3N6O2S. The summed E-state index contributed by atoms with van der Waals surface area (Å²) in [4.78, 5) is 38.4. The number of nitrogens with two attached hydrogens (primary N) is 1. The number of nitrogens with zero attached hydrogens (tertiary/aromatic N) is 5. The van der Waals surface area contributed by atoms with Crippen LogP contribution in [0.15, 0.2) is 53.3 Å². The van der Waals surface area contributed by atoms with Crippen molar-refractivity contribution in [3.63, 3.8) is 0 Å². The number of urea groups is 1. The zero-order valence-corrected chi connectivity index (χ0v) is 18.4. The van der Waals surface area contributed by atoms with E-state index in [9.17, 15) is 22.8 Å². The SMILES string of the molecule is CC1=C(C(N)=O)SC(N2CCN(Cc3ccc(C(F)(F)F)nc3)C2=O)N1Cc1ccccn1. The van der Waals surface area contributed by atoms with E-state index in [1.165, 1.54) is 17.8 Å². The molecule has 174 valence electrons. The zero-order valence-electron chi connectivity index (χ0n) is 17.6. The van der Waals surface area contributed by atoms with Gasteiger partial charge in [-0.1, -0.05) is 23.9 Å². The van der Waals surface area contributed by atoms with Crippen molar-refractivity contribution in [2.75, 3.05) is 13.1 Å². The highest BCUT2D eigenvalue weighted by molar-refractivity contribution is 8.04. The lowest BCUT2D eigenvalue weighted by molar-refractivity contribution is -0.141. The number of alkyl halides is 3. The molecule has 33 heavy (non-hydrogen) atoms. The first kappa shape index (κ1) is 22.9. The second-order valence-electron chi connectivity index (χ2n) is 7.62. The number of halogens is 3. The average Bonchev–Trinajstić information content (AvgIpc) is 3.28. The second-order valence-corrected chi connectivity index (χ2v) is 8.68. The number of amides is 3. The van der Waals surface area contributed by atoms with Crippen LogP contribution < -0.4 is 5.73 Å². The van der Waals surface area contributed by atoms with Crippen LogP contribution in [0.5, 0.6) is 0 Å². The molecule has 8 nitrogen and oxygen atoms in total. The van der Waals surface area contributed by atoms with E-state index < -0.39 is 23.3 Å². The van der Waals surface area contributed by atoms with Crippen LogP contribution in [0, 0.1) is 0 Å². The van der Waals surface area contributed by atoms with Gasteiger partial charge in [0.15, 0.2) is 5.50 Å². The summed E-state index contributed by atoms with van der Waals surface area (Å²) in [5.74, 6) is -0.564. The Balaban J connectivity index is 1.50. The summed E-state index contributed by atoms with van der Waals surface area (Å²) in [6, 6.07) is 7.45. The third-order valence-corrected chi connectivity index (χ3v) is 6.87. The largest absolute Gasteiger partial charge is 0.433 e. The molecule has 2 aromatic rings. The van der Waals surface area contributed by atoms with E-state index >= 15 is 0 Å². The van der Waals surface area contributed by atoms with Gasteiger partial charge in [-0.05, 0) is 30.7 Å². The number of hydrogen-bond donors (Lipinski definition) is 1. The van der Waals surface area contributed by atoms with Crippen molar-refractivity contribution >= 4 is 23.7 Å². The predicted molar refractivity (Wildman–Crippen MR) is 115 cm³/mol. The van der Waals surface area contributed by atoms with Gasteiger partial charge in [0.1, 0.15) is 5.69 Å². The van der Waals surface area contributed by atoms with Crippen LogP contribution in [0.2, 0.25) is 0 Å². The topological polar surface area (TPSA) is 95.7 Å². The van der Waals surface area contributed by atoms with Crippen molar-refractivity contribution in [2.45, 2.75) is 31.7 Å². The summed E-state index contributed by atoms with van der Waals surface area (Å²) in [5, 5.41) is 0. The molecule has 1 atom stereocenters. The first-order valence-electron chi connectivity index (χ1n) is 10.1. The highest BCUT2D eigenvalue weighted by Gasteiger charge is 2.43. The molecule has 3 amide bonds. The Kier molecular flexibility index (Phi) is 6.19. The van der Waals surface area contributed by atoms with Gasteiger partial charge >= 0.3 is 12.2 Å². The molecule has 4 rings (SSSR count). The molecule has 1 fully saturated rings. The number of rotatable bonds is 6. The van der Waals surface area contributed by atoms with Crippen LogP contribution in [-0.2, 0) is 24.1 Å². The van der Waals surface area contributed by atoms with Crippen molar-refractivity contribution in [3.05, 3.63) is 70.3 Å². The van der Waals surface area contributed by atoms with Crippen molar-refractivity contribution in [2.24, 2.45) is 5.73 Å². The number of thioether (sulfide) groups is 1. The molecule has 0 aliphatic carbocycles. The summed E-state index contributed by atoms with van der Waals surface area (Å²) in [6.07, 6.45) is -1.71. The lowest BCUT2D eigenvalue weighted by Gasteiger charge is -2.33. The number of carbonyl (C=O) groups excluding carboxylic acids is 2. The van der Waals surface area contributed by atoms with Gasteiger partial charge in [0, 0.05) is 37.7 Å². The fraction of sp³-hybridized carbons (Fsp3) is 0.333. The summed E-state index contributed by atoms with van der Waals surface area (Å²) >= 11 is 1.21. The quantitative estimate of drug-likeness (QED) is 0.686. The minimum absolute atomic E-state index is 0.132. The van der Waals surface area contributed by atoms with Crippen LogP contribution in [0.1, 0.15) is 23.9 Å².